The highest BCUT2D eigenvalue weighted by atomic mass is 32.2. The molecule has 2 N–H and O–H groups in total. The number of rotatable bonds is 10. The fourth-order valence-electron chi connectivity index (χ4n) is 2.38. The molecular weight excluding hydrogens is 378 g/mol. The van der Waals surface area contributed by atoms with Crippen LogP contribution in [-0.4, -0.2) is 52.7 Å². The predicted molar refractivity (Wildman–Crippen MR) is 108 cm³/mol. The summed E-state index contributed by atoms with van der Waals surface area (Å²) < 4.78 is 7.13. The summed E-state index contributed by atoms with van der Waals surface area (Å²) in [6.07, 6.45) is 0.641. The van der Waals surface area contributed by atoms with Gasteiger partial charge in [-0.15, -0.1) is 10.2 Å². The number of benzene rings is 1. The largest absolute Gasteiger partial charge is 0.383 e. The molecule has 0 atom stereocenters. The summed E-state index contributed by atoms with van der Waals surface area (Å²) in [6.45, 7) is 5.58. The van der Waals surface area contributed by atoms with Gasteiger partial charge < -0.3 is 14.6 Å². The zero-order valence-corrected chi connectivity index (χ0v) is 17.3. The van der Waals surface area contributed by atoms with E-state index in [-0.39, 0.29) is 11.7 Å². The number of carbonyl (C=O) groups excluding carboxylic acids is 2. The van der Waals surface area contributed by atoms with Crippen molar-refractivity contribution in [3.05, 3.63) is 41.7 Å². The van der Waals surface area contributed by atoms with E-state index in [1.165, 1.54) is 11.8 Å². The van der Waals surface area contributed by atoms with Gasteiger partial charge in [-0.3, -0.25) is 10.1 Å². The molecule has 1 aromatic carbocycles. The van der Waals surface area contributed by atoms with Gasteiger partial charge in [0.15, 0.2) is 5.16 Å². The molecule has 1 heterocycles. The van der Waals surface area contributed by atoms with E-state index < -0.39 is 6.03 Å². The maximum Gasteiger partial charge on any atom is 0.321 e. The number of methoxy groups -OCH3 is 1. The monoisotopic (exact) mass is 405 g/mol. The molecule has 0 aliphatic heterocycles. The van der Waals surface area contributed by atoms with Crippen LogP contribution >= 0.6 is 11.8 Å². The number of hydrogen-bond donors (Lipinski definition) is 2. The van der Waals surface area contributed by atoms with Gasteiger partial charge in [-0.25, -0.2) is 4.79 Å². The van der Waals surface area contributed by atoms with Gasteiger partial charge in [-0.05, 0) is 11.5 Å². The number of imide groups is 1. The summed E-state index contributed by atoms with van der Waals surface area (Å²) in [7, 11) is 1.64. The van der Waals surface area contributed by atoms with Crippen LogP contribution in [0.1, 0.15) is 25.2 Å². The van der Waals surface area contributed by atoms with Crippen molar-refractivity contribution in [2.45, 2.75) is 32.0 Å². The van der Waals surface area contributed by atoms with Crippen LogP contribution in [0.4, 0.5) is 4.79 Å². The third-order valence-electron chi connectivity index (χ3n) is 3.77. The summed E-state index contributed by atoms with van der Waals surface area (Å²) >= 11 is 1.25. The van der Waals surface area contributed by atoms with E-state index in [1.54, 1.807) is 7.11 Å². The first-order valence-corrected chi connectivity index (χ1v) is 10.1. The Hall–Kier alpha value is -2.39. The molecule has 0 bridgehead atoms. The van der Waals surface area contributed by atoms with Crippen molar-refractivity contribution in [3.63, 3.8) is 0 Å². The molecule has 0 saturated heterocycles. The number of thioether (sulfide) groups is 1. The fourth-order valence-corrected chi connectivity index (χ4v) is 3.16. The van der Waals surface area contributed by atoms with Crippen LogP contribution in [-0.2, 0) is 22.5 Å². The van der Waals surface area contributed by atoms with Gasteiger partial charge in [0, 0.05) is 26.6 Å². The average Bonchev–Trinajstić information content (AvgIpc) is 3.05. The van der Waals surface area contributed by atoms with Crippen LogP contribution in [0.2, 0.25) is 0 Å². The number of aromatic nitrogens is 3. The van der Waals surface area contributed by atoms with E-state index in [4.69, 9.17) is 4.74 Å². The topological polar surface area (TPSA) is 98.1 Å². The number of carbonyl (C=O) groups is 2. The van der Waals surface area contributed by atoms with Crippen LogP contribution < -0.4 is 10.6 Å². The zero-order valence-electron chi connectivity index (χ0n) is 16.5. The maximum atomic E-state index is 12.0. The van der Waals surface area contributed by atoms with Crippen molar-refractivity contribution < 1.29 is 14.3 Å². The van der Waals surface area contributed by atoms with Crippen LogP contribution in [0.3, 0.4) is 0 Å². The molecule has 0 aliphatic carbocycles. The Kier molecular flexibility index (Phi) is 8.96. The summed E-state index contributed by atoms with van der Waals surface area (Å²) in [4.78, 5) is 23.7. The second-order valence-corrected chi connectivity index (χ2v) is 7.59. The van der Waals surface area contributed by atoms with E-state index in [0.717, 1.165) is 11.4 Å². The molecule has 2 aromatic rings. The van der Waals surface area contributed by atoms with Gasteiger partial charge in [-0.2, -0.15) is 0 Å². The number of nitrogens with zero attached hydrogens (tertiary/aromatic N) is 3. The zero-order chi connectivity index (χ0) is 20.4. The summed E-state index contributed by atoms with van der Waals surface area (Å²) in [5.74, 6) is 0.821. The van der Waals surface area contributed by atoms with E-state index in [2.05, 4.69) is 20.8 Å². The molecule has 0 aliphatic rings. The highest BCUT2D eigenvalue weighted by Gasteiger charge is 2.15. The van der Waals surface area contributed by atoms with Gasteiger partial charge in [0.25, 0.3) is 0 Å². The van der Waals surface area contributed by atoms with Crippen molar-refractivity contribution >= 4 is 23.7 Å². The molecule has 0 spiro atoms. The van der Waals surface area contributed by atoms with E-state index in [0.29, 0.717) is 37.2 Å². The lowest BCUT2D eigenvalue weighted by molar-refractivity contribution is -0.117. The third kappa shape index (κ3) is 7.32. The maximum absolute atomic E-state index is 12.0. The lowest BCUT2D eigenvalue weighted by Gasteiger charge is -2.10. The smallest absolute Gasteiger partial charge is 0.321 e. The van der Waals surface area contributed by atoms with Crippen LogP contribution in [0.5, 0.6) is 0 Å². The molecular formula is C19H27N5O3S. The first-order chi connectivity index (χ1) is 13.5. The Morgan fingerprint density at radius 1 is 1.21 bits per heavy atom. The molecule has 0 unspecified atom stereocenters. The fraction of sp³-hybridized carbons (Fsp3) is 0.474. The van der Waals surface area contributed by atoms with Crippen molar-refractivity contribution in [2.24, 2.45) is 5.92 Å². The Labute approximate surface area is 169 Å². The first kappa shape index (κ1) is 21.9. The molecule has 28 heavy (non-hydrogen) atoms. The van der Waals surface area contributed by atoms with Gasteiger partial charge in [0.2, 0.25) is 5.91 Å². The second-order valence-electron chi connectivity index (χ2n) is 6.65. The Balaban J connectivity index is 1.96. The van der Waals surface area contributed by atoms with Crippen LogP contribution in [0.25, 0.3) is 0 Å². The molecule has 8 nitrogen and oxygen atoms in total. The summed E-state index contributed by atoms with van der Waals surface area (Å²) in [5, 5.41) is 14.1. The molecule has 152 valence electrons. The van der Waals surface area contributed by atoms with Gasteiger partial charge in [0.1, 0.15) is 5.82 Å². The molecule has 2 rings (SSSR count). The lowest BCUT2D eigenvalue weighted by Crippen LogP contribution is -2.41. The third-order valence-corrected chi connectivity index (χ3v) is 4.74. The van der Waals surface area contributed by atoms with E-state index in [1.807, 2.05) is 48.7 Å². The average molecular weight is 406 g/mol. The Morgan fingerprint density at radius 3 is 2.64 bits per heavy atom. The first-order valence-electron chi connectivity index (χ1n) is 9.15. The van der Waals surface area contributed by atoms with Gasteiger partial charge >= 0.3 is 6.03 Å². The molecule has 0 saturated carbocycles. The van der Waals surface area contributed by atoms with Crippen molar-refractivity contribution in [3.8, 4) is 0 Å². The summed E-state index contributed by atoms with van der Waals surface area (Å²) in [5.41, 5.74) is 1.13. The Bertz CT molecular complexity index is 764. The Morgan fingerprint density at radius 2 is 1.96 bits per heavy atom. The second kappa shape index (κ2) is 11.5. The molecule has 0 fully saturated rings. The lowest BCUT2D eigenvalue weighted by atomic mass is 10.1. The van der Waals surface area contributed by atoms with Gasteiger partial charge in [0.05, 0.1) is 12.4 Å². The summed E-state index contributed by atoms with van der Waals surface area (Å²) in [6, 6.07) is 9.52. The van der Waals surface area contributed by atoms with Gasteiger partial charge in [-0.1, -0.05) is 55.9 Å². The van der Waals surface area contributed by atoms with Crippen molar-refractivity contribution in [1.82, 2.24) is 25.4 Å². The number of urea groups is 1. The minimum Gasteiger partial charge on any atom is -0.383 e. The number of ether oxygens (including phenoxy) is 1. The molecule has 9 heteroatoms. The molecule has 1 aromatic heterocycles. The molecule has 3 amide bonds. The highest BCUT2D eigenvalue weighted by molar-refractivity contribution is 7.99. The number of nitrogens with one attached hydrogen (secondary N) is 2. The quantitative estimate of drug-likeness (QED) is 0.588. The number of amides is 3. The number of hydrogen-bond acceptors (Lipinski definition) is 6. The van der Waals surface area contributed by atoms with Crippen LogP contribution in [0.15, 0.2) is 35.5 Å². The molecule has 0 radical (unpaired) electrons. The van der Waals surface area contributed by atoms with E-state index in [9.17, 15) is 9.59 Å². The standard InChI is InChI=1S/C19H27N5O3S/c1-14(2)12-20-18(26)21-17(25)13-28-19-23-22-16(24(19)9-10-27-3)11-15-7-5-4-6-8-15/h4-8,14H,9-13H2,1-3H3,(H2,20,21,25,26). The van der Waals surface area contributed by atoms with E-state index >= 15 is 0 Å². The minimum atomic E-state index is -0.482. The van der Waals surface area contributed by atoms with Crippen molar-refractivity contribution in [1.29, 1.82) is 0 Å². The normalized spacial score (nSPS) is 10.9. The minimum absolute atomic E-state index is 0.0750. The predicted octanol–water partition coefficient (Wildman–Crippen LogP) is 2.09. The highest BCUT2D eigenvalue weighted by Crippen LogP contribution is 2.18. The van der Waals surface area contributed by atoms with Crippen molar-refractivity contribution in [2.75, 3.05) is 26.0 Å². The SMILES string of the molecule is COCCn1c(Cc2ccccc2)nnc1SCC(=O)NC(=O)NCC(C)C. The van der Waals surface area contributed by atoms with Crippen LogP contribution in [0, 0.1) is 5.92 Å².